The highest BCUT2D eigenvalue weighted by Gasteiger charge is 2.15. The van der Waals surface area contributed by atoms with E-state index in [1.54, 1.807) is 19.2 Å². The van der Waals surface area contributed by atoms with E-state index in [9.17, 15) is 8.78 Å². The van der Waals surface area contributed by atoms with Gasteiger partial charge in [0.15, 0.2) is 5.96 Å². The van der Waals surface area contributed by atoms with Crippen molar-refractivity contribution in [3.05, 3.63) is 23.8 Å². The molecule has 6 nitrogen and oxygen atoms in total. The Kier molecular flexibility index (Phi) is 12.2. The number of piperidine rings is 1. The van der Waals surface area contributed by atoms with Crippen LogP contribution in [0.3, 0.4) is 0 Å². The molecule has 0 bridgehead atoms. The molecule has 0 spiro atoms. The lowest BCUT2D eigenvalue weighted by atomic mass is 10.0. The molecule has 2 rings (SSSR count). The number of guanidine groups is 1. The fraction of sp³-hybridized carbons (Fsp3) is 0.650. The number of benzene rings is 1. The lowest BCUT2D eigenvalue weighted by Gasteiger charge is -2.30. The lowest BCUT2D eigenvalue weighted by molar-refractivity contribution is -0.0504. The summed E-state index contributed by atoms with van der Waals surface area (Å²) in [6.07, 6.45) is 3.63. The van der Waals surface area contributed by atoms with Crippen LogP contribution < -0.4 is 20.1 Å². The minimum atomic E-state index is -2.87. The van der Waals surface area contributed by atoms with E-state index in [-0.39, 0.29) is 29.7 Å². The van der Waals surface area contributed by atoms with E-state index in [0.717, 1.165) is 25.4 Å². The Hall–Kier alpha value is -1.36. The molecule has 1 aliphatic heterocycles. The molecule has 0 amide bonds. The lowest BCUT2D eigenvalue weighted by Crippen LogP contribution is -2.39. The number of likely N-dealkylation sites (tertiary alicyclic amines) is 1. The van der Waals surface area contributed by atoms with Crippen molar-refractivity contribution in [2.24, 2.45) is 10.9 Å². The maximum Gasteiger partial charge on any atom is 0.387 e. The fourth-order valence-corrected chi connectivity index (χ4v) is 3.43. The van der Waals surface area contributed by atoms with Gasteiger partial charge in [-0.25, -0.2) is 0 Å². The molecule has 1 atom stereocenters. The third-order valence-corrected chi connectivity index (χ3v) is 4.84. The predicted octanol–water partition coefficient (Wildman–Crippen LogP) is 3.70. The summed E-state index contributed by atoms with van der Waals surface area (Å²) in [5.74, 6) is 2.11. The number of nitrogens with zero attached hydrogens (tertiary/aromatic N) is 2. The third kappa shape index (κ3) is 9.33. The number of hydrogen-bond acceptors (Lipinski definition) is 4. The van der Waals surface area contributed by atoms with Crippen LogP contribution in [-0.4, -0.2) is 57.8 Å². The Bertz CT molecular complexity index is 634. The molecule has 0 radical (unpaired) electrons. The maximum absolute atomic E-state index is 12.6. The van der Waals surface area contributed by atoms with Crippen LogP contribution >= 0.6 is 24.0 Å². The van der Waals surface area contributed by atoms with Gasteiger partial charge in [0, 0.05) is 32.2 Å². The molecule has 1 aliphatic rings. The van der Waals surface area contributed by atoms with Crippen LogP contribution in [0.4, 0.5) is 8.78 Å². The van der Waals surface area contributed by atoms with Crippen molar-refractivity contribution < 1.29 is 18.3 Å². The standard InChI is InChI=1S/C20H32F2N4O2.HI/c1-15-6-4-10-26(14-15)11-5-9-24-20(23-2)25-13-16-12-17(27-3)7-8-18(16)28-19(21)22;/h7-8,12,15,19H,4-6,9-11,13-14H2,1-3H3,(H2,23,24,25);1H. The minimum absolute atomic E-state index is 0. The van der Waals surface area contributed by atoms with Gasteiger partial charge in [0.25, 0.3) is 0 Å². The van der Waals surface area contributed by atoms with Gasteiger partial charge in [-0.3, -0.25) is 4.99 Å². The van der Waals surface area contributed by atoms with E-state index in [2.05, 4.69) is 32.2 Å². The molecular weight excluding hydrogens is 493 g/mol. The van der Waals surface area contributed by atoms with Crippen molar-refractivity contribution >= 4 is 29.9 Å². The quantitative estimate of drug-likeness (QED) is 0.223. The minimum Gasteiger partial charge on any atom is -0.497 e. The molecule has 1 heterocycles. The highest BCUT2D eigenvalue weighted by atomic mass is 127. The largest absolute Gasteiger partial charge is 0.497 e. The molecule has 2 N–H and O–H groups in total. The predicted molar refractivity (Wildman–Crippen MR) is 123 cm³/mol. The molecule has 1 aromatic carbocycles. The summed E-state index contributed by atoms with van der Waals surface area (Å²) >= 11 is 0. The SMILES string of the molecule is CN=C(NCCCN1CCCC(C)C1)NCc1cc(OC)ccc1OC(F)F.I. The van der Waals surface area contributed by atoms with Crippen LogP contribution in [0.15, 0.2) is 23.2 Å². The van der Waals surface area contributed by atoms with Gasteiger partial charge in [-0.05, 0) is 56.5 Å². The van der Waals surface area contributed by atoms with E-state index in [1.807, 2.05) is 0 Å². The zero-order valence-electron chi connectivity index (χ0n) is 17.4. The molecule has 1 aromatic rings. The van der Waals surface area contributed by atoms with E-state index in [4.69, 9.17) is 4.74 Å². The van der Waals surface area contributed by atoms with Gasteiger partial charge in [0.05, 0.1) is 7.11 Å². The Balaban J connectivity index is 0.00000420. The van der Waals surface area contributed by atoms with Gasteiger partial charge in [0.1, 0.15) is 11.5 Å². The highest BCUT2D eigenvalue weighted by molar-refractivity contribution is 14.0. The van der Waals surface area contributed by atoms with Gasteiger partial charge in [0.2, 0.25) is 0 Å². The summed E-state index contributed by atoms with van der Waals surface area (Å²) in [5, 5.41) is 6.41. The molecule has 0 aromatic heterocycles. The molecule has 9 heteroatoms. The van der Waals surface area contributed by atoms with Crippen molar-refractivity contribution in [3.8, 4) is 11.5 Å². The number of rotatable bonds is 9. The summed E-state index contributed by atoms with van der Waals surface area (Å²) in [6, 6.07) is 4.75. The van der Waals surface area contributed by atoms with Crippen LogP contribution in [0.5, 0.6) is 11.5 Å². The highest BCUT2D eigenvalue weighted by Crippen LogP contribution is 2.25. The zero-order chi connectivity index (χ0) is 20.4. The average molecular weight is 526 g/mol. The maximum atomic E-state index is 12.6. The Morgan fingerprint density at radius 2 is 2.14 bits per heavy atom. The van der Waals surface area contributed by atoms with Crippen molar-refractivity contribution in [2.75, 3.05) is 40.3 Å². The summed E-state index contributed by atoms with van der Waals surface area (Å²) < 4.78 is 35.0. The summed E-state index contributed by atoms with van der Waals surface area (Å²) in [4.78, 5) is 6.70. The molecule has 166 valence electrons. The van der Waals surface area contributed by atoms with E-state index >= 15 is 0 Å². The number of halogens is 3. The van der Waals surface area contributed by atoms with Gasteiger partial charge < -0.3 is 25.0 Å². The summed E-state index contributed by atoms with van der Waals surface area (Å²) in [6.45, 7) is 3.95. The van der Waals surface area contributed by atoms with E-state index in [1.165, 1.54) is 39.1 Å². The smallest absolute Gasteiger partial charge is 0.387 e. The Morgan fingerprint density at radius 3 is 2.79 bits per heavy atom. The molecule has 0 saturated carbocycles. The Labute approximate surface area is 189 Å². The fourth-order valence-electron chi connectivity index (χ4n) is 3.43. The number of methoxy groups -OCH3 is 1. The molecular formula is C20H33F2IN4O2. The second-order valence-corrected chi connectivity index (χ2v) is 7.11. The van der Waals surface area contributed by atoms with Crippen LogP contribution in [0.1, 0.15) is 31.7 Å². The van der Waals surface area contributed by atoms with Crippen LogP contribution in [-0.2, 0) is 6.54 Å². The average Bonchev–Trinajstić information content (AvgIpc) is 2.68. The zero-order valence-corrected chi connectivity index (χ0v) is 19.7. The number of ether oxygens (including phenoxy) is 2. The van der Waals surface area contributed by atoms with Crippen LogP contribution in [0.2, 0.25) is 0 Å². The monoisotopic (exact) mass is 526 g/mol. The number of aliphatic imine (C=N–C) groups is 1. The molecule has 1 saturated heterocycles. The number of hydrogen-bond donors (Lipinski definition) is 2. The first-order valence-electron chi connectivity index (χ1n) is 9.80. The van der Waals surface area contributed by atoms with E-state index < -0.39 is 6.61 Å². The third-order valence-electron chi connectivity index (χ3n) is 4.84. The molecule has 29 heavy (non-hydrogen) atoms. The van der Waals surface area contributed by atoms with Crippen LogP contribution in [0.25, 0.3) is 0 Å². The van der Waals surface area contributed by atoms with Crippen molar-refractivity contribution in [2.45, 2.75) is 39.3 Å². The first-order chi connectivity index (χ1) is 13.5. The second kappa shape index (κ2) is 13.8. The van der Waals surface area contributed by atoms with Crippen LogP contribution in [0, 0.1) is 5.92 Å². The summed E-state index contributed by atoms with van der Waals surface area (Å²) in [7, 11) is 3.22. The first kappa shape index (κ1) is 25.7. The summed E-state index contributed by atoms with van der Waals surface area (Å²) in [5.41, 5.74) is 0.574. The molecule has 0 aliphatic carbocycles. The van der Waals surface area contributed by atoms with Crippen molar-refractivity contribution in [1.29, 1.82) is 0 Å². The van der Waals surface area contributed by atoms with Gasteiger partial charge in [-0.1, -0.05) is 6.92 Å². The molecule has 1 unspecified atom stereocenters. The second-order valence-electron chi connectivity index (χ2n) is 7.11. The normalized spacial score (nSPS) is 17.6. The molecule has 1 fully saturated rings. The Morgan fingerprint density at radius 1 is 1.34 bits per heavy atom. The van der Waals surface area contributed by atoms with E-state index in [0.29, 0.717) is 23.8 Å². The van der Waals surface area contributed by atoms with Crippen molar-refractivity contribution in [3.63, 3.8) is 0 Å². The van der Waals surface area contributed by atoms with Gasteiger partial charge in [-0.15, -0.1) is 24.0 Å². The number of nitrogens with one attached hydrogen (secondary N) is 2. The van der Waals surface area contributed by atoms with Crippen molar-refractivity contribution in [1.82, 2.24) is 15.5 Å². The van der Waals surface area contributed by atoms with Gasteiger partial charge in [-0.2, -0.15) is 8.78 Å². The first-order valence-corrected chi connectivity index (χ1v) is 9.80. The topological polar surface area (TPSA) is 58.1 Å². The number of alkyl halides is 2. The van der Waals surface area contributed by atoms with Gasteiger partial charge >= 0.3 is 6.61 Å².